The Balaban J connectivity index is 2.39. The van der Waals surface area contributed by atoms with E-state index in [0.717, 1.165) is 16.8 Å². The van der Waals surface area contributed by atoms with Gasteiger partial charge < -0.3 is 19.5 Å². The second-order valence-electron chi connectivity index (χ2n) is 8.74. The van der Waals surface area contributed by atoms with Gasteiger partial charge >= 0.3 is 0 Å². The normalized spacial score (nSPS) is 11.9. The minimum Gasteiger partial charge on any atom is -0.383 e. The monoisotopic (exact) mass is 480 g/mol. The second-order valence-corrected chi connectivity index (χ2v) is 11.0. The summed E-state index contributed by atoms with van der Waals surface area (Å²) in [7, 11) is -1.97. The lowest BCUT2D eigenvalue weighted by molar-refractivity contribution is 0.172. The van der Waals surface area contributed by atoms with Crippen molar-refractivity contribution in [2.45, 2.75) is 64.7 Å². The molecule has 0 radical (unpaired) electrons. The molecular formula is C23H36N4O3S2. The molecule has 0 amide bonds. The quantitative estimate of drug-likeness (QED) is 0.493. The van der Waals surface area contributed by atoms with Crippen molar-refractivity contribution >= 4 is 27.2 Å². The van der Waals surface area contributed by atoms with Crippen LogP contribution in [0.3, 0.4) is 0 Å². The molecule has 0 aliphatic heterocycles. The van der Waals surface area contributed by atoms with Gasteiger partial charge in [0.25, 0.3) is 0 Å². The Hall–Kier alpha value is -1.97. The Bertz CT molecular complexity index is 1000. The fourth-order valence-corrected chi connectivity index (χ4v) is 5.35. The van der Waals surface area contributed by atoms with Gasteiger partial charge in [0.05, 0.1) is 30.8 Å². The molecule has 0 atom stereocenters. The van der Waals surface area contributed by atoms with E-state index in [0.29, 0.717) is 31.4 Å². The Morgan fingerprint density at radius 1 is 1.25 bits per heavy atom. The van der Waals surface area contributed by atoms with E-state index < -0.39 is 9.84 Å². The van der Waals surface area contributed by atoms with Crippen molar-refractivity contribution < 1.29 is 13.2 Å². The number of imidazole rings is 1. The van der Waals surface area contributed by atoms with Crippen LogP contribution in [0.15, 0.2) is 35.6 Å². The smallest absolute Gasteiger partial charge is 0.228 e. The number of hydrogen-bond acceptors (Lipinski definition) is 5. The number of rotatable bonds is 11. The second kappa shape index (κ2) is 11.8. The van der Waals surface area contributed by atoms with Crippen LogP contribution in [0.2, 0.25) is 0 Å². The first kappa shape index (κ1) is 26.3. The van der Waals surface area contributed by atoms with Crippen molar-refractivity contribution in [2.75, 3.05) is 20.3 Å². The van der Waals surface area contributed by atoms with Gasteiger partial charge in [-0.3, -0.25) is 0 Å². The largest absolute Gasteiger partial charge is 0.383 e. The molecule has 0 aliphatic carbocycles. The van der Waals surface area contributed by atoms with Crippen LogP contribution in [0.25, 0.3) is 0 Å². The van der Waals surface area contributed by atoms with Gasteiger partial charge in [-0.05, 0) is 50.0 Å². The van der Waals surface area contributed by atoms with Gasteiger partial charge in [0.1, 0.15) is 0 Å². The summed E-state index contributed by atoms with van der Waals surface area (Å²) >= 11 is 5.59. The van der Waals surface area contributed by atoms with Gasteiger partial charge in [0, 0.05) is 26.2 Å². The maximum absolute atomic E-state index is 13.4. The lowest BCUT2D eigenvalue weighted by atomic mass is 10.1. The van der Waals surface area contributed by atoms with E-state index in [2.05, 4.69) is 24.1 Å². The molecule has 0 saturated carbocycles. The lowest BCUT2D eigenvalue weighted by Gasteiger charge is -2.27. The van der Waals surface area contributed by atoms with E-state index >= 15 is 0 Å². The summed E-state index contributed by atoms with van der Waals surface area (Å²) in [5.41, 5.74) is 2.55. The number of benzene rings is 1. The summed E-state index contributed by atoms with van der Waals surface area (Å²) in [4.78, 5) is 6.36. The number of hydrogen-bond donors (Lipinski definition) is 1. The molecule has 178 valence electrons. The predicted molar refractivity (Wildman–Crippen MR) is 132 cm³/mol. The zero-order valence-corrected chi connectivity index (χ0v) is 21.6. The molecule has 0 aliphatic rings. The fourth-order valence-electron chi connectivity index (χ4n) is 3.36. The van der Waals surface area contributed by atoms with Gasteiger partial charge in [0.2, 0.25) is 15.0 Å². The number of methoxy groups -OCH3 is 1. The van der Waals surface area contributed by atoms with Gasteiger partial charge in [-0.2, -0.15) is 0 Å². The zero-order valence-electron chi connectivity index (χ0n) is 20.0. The van der Waals surface area contributed by atoms with Gasteiger partial charge in [-0.1, -0.05) is 38.1 Å². The molecular weight excluding hydrogens is 444 g/mol. The molecule has 0 fully saturated rings. The molecule has 0 spiro atoms. The van der Waals surface area contributed by atoms with Crippen molar-refractivity contribution in [1.82, 2.24) is 19.8 Å². The van der Waals surface area contributed by atoms with Crippen molar-refractivity contribution in [3.8, 4) is 0 Å². The highest BCUT2D eigenvalue weighted by Crippen LogP contribution is 2.21. The summed E-state index contributed by atoms with van der Waals surface area (Å²) in [6, 6.07) is 7.74. The summed E-state index contributed by atoms with van der Waals surface area (Å²) in [6.45, 7) is 12.2. The molecule has 2 rings (SSSR count). The predicted octanol–water partition coefficient (Wildman–Crippen LogP) is 3.55. The summed E-state index contributed by atoms with van der Waals surface area (Å²) < 4.78 is 33.8. The third kappa shape index (κ3) is 7.28. The molecule has 1 aromatic carbocycles. The first-order chi connectivity index (χ1) is 15.0. The van der Waals surface area contributed by atoms with Gasteiger partial charge in [0.15, 0.2) is 5.11 Å². The average Bonchev–Trinajstić information content (AvgIpc) is 3.08. The number of aryl methyl sites for hydroxylation is 1. The van der Waals surface area contributed by atoms with Crippen LogP contribution < -0.4 is 5.32 Å². The molecule has 1 heterocycles. The van der Waals surface area contributed by atoms with Gasteiger partial charge in [-0.15, -0.1) is 0 Å². The van der Waals surface area contributed by atoms with Crippen LogP contribution in [0.5, 0.6) is 0 Å². The fraction of sp³-hybridized carbons (Fsp3) is 0.565. The number of ether oxygens (including phenoxy) is 1. The van der Waals surface area contributed by atoms with Crippen LogP contribution in [0, 0.1) is 12.8 Å². The lowest BCUT2D eigenvalue weighted by Crippen LogP contribution is -2.44. The number of thiocarbonyl (C=S) groups is 1. The van der Waals surface area contributed by atoms with Crippen molar-refractivity contribution in [3.63, 3.8) is 0 Å². The van der Waals surface area contributed by atoms with Crippen LogP contribution in [-0.4, -0.2) is 54.3 Å². The molecule has 1 N–H and O–H groups in total. The topological polar surface area (TPSA) is 76.5 Å². The molecule has 2 aromatic rings. The van der Waals surface area contributed by atoms with Crippen LogP contribution in [-0.2, 0) is 33.4 Å². The van der Waals surface area contributed by atoms with Crippen molar-refractivity contribution in [2.24, 2.45) is 5.92 Å². The maximum Gasteiger partial charge on any atom is 0.228 e. The molecule has 9 heteroatoms. The Morgan fingerprint density at radius 3 is 2.53 bits per heavy atom. The van der Waals surface area contributed by atoms with Crippen LogP contribution in [0.4, 0.5) is 0 Å². The zero-order chi connectivity index (χ0) is 23.9. The summed E-state index contributed by atoms with van der Waals surface area (Å²) in [6.07, 6.45) is 1.66. The highest BCUT2D eigenvalue weighted by atomic mass is 32.2. The average molecular weight is 481 g/mol. The third-order valence-electron chi connectivity index (χ3n) is 4.95. The van der Waals surface area contributed by atoms with E-state index in [-0.39, 0.29) is 22.9 Å². The summed E-state index contributed by atoms with van der Waals surface area (Å²) in [5.74, 6) is 0.179. The highest BCUT2D eigenvalue weighted by molar-refractivity contribution is 7.90. The maximum atomic E-state index is 13.4. The standard InChI is InChI=1S/C23H36N4O3S2/c1-17(2)14-27-21(15-26(11-12-30-6)22(31)25-18(3)4)13-24-23(27)32(28,29)16-20-10-8-7-9-19(20)5/h7-10,13,17-18H,11-12,14-16H2,1-6H3,(H,25,31). The number of nitrogens with one attached hydrogen (secondary N) is 1. The van der Waals surface area contributed by atoms with E-state index in [1.807, 2.05) is 54.5 Å². The molecule has 0 saturated heterocycles. The van der Waals surface area contributed by atoms with E-state index in [9.17, 15) is 8.42 Å². The first-order valence-corrected chi connectivity index (χ1v) is 13.0. The highest BCUT2D eigenvalue weighted by Gasteiger charge is 2.26. The minimum absolute atomic E-state index is 0.0745. The molecule has 1 aromatic heterocycles. The van der Waals surface area contributed by atoms with E-state index in [1.54, 1.807) is 13.3 Å². The number of aromatic nitrogens is 2. The SMILES string of the molecule is COCCN(Cc1cnc(S(=O)(=O)Cc2ccccc2C)n1CC(C)C)C(=S)NC(C)C. The molecule has 0 unspecified atom stereocenters. The Morgan fingerprint density at radius 2 is 1.94 bits per heavy atom. The number of sulfone groups is 1. The van der Waals surface area contributed by atoms with Crippen molar-refractivity contribution in [3.05, 3.63) is 47.3 Å². The molecule has 32 heavy (non-hydrogen) atoms. The van der Waals surface area contributed by atoms with E-state index in [4.69, 9.17) is 17.0 Å². The van der Waals surface area contributed by atoms with Gasteiger partial charge in [-0.25, -0.2) is 13.4 Å². The minimum atomic E-state index is -3.62. The van der Waals surface area contributed by atoms with Crippen molar-refractivity contribution in [1.29, 1.82) is 0 Å². The summed E-state index contributed by atoms with van der Waals surface area (Å²) in [5, 5.41) is 3.98. The third-order valence-corrected chi connectivity index (χ3v) is 6.90. The van der Waals surface area contributed by atoms with Crippen LogP contribution >= 0.6 is 12.2 Å². The Kier molecular flexibility index (Phi) is 9.66. The molecule has 0 bridgehead atoms. The number of nitrogens with zero attached hydrogens (tertiary/aromatic N) is 3. The Labute approximate surface area is 198 Å². The molecule has 7 nitrogen and oxygen atoms in total. The van der Waals surface area contributed by atoms with Crippen LogP contribution in [0.1, 0.15) is 44.5 Å². The first-order valence-electron chi connectivity index (χ1n) is 10.9. The van der Waals surface area contributed by atoms with E-state index in [1.165, 1.54) is 0 Å².